The summed E-state index contributed by atoms with van der Waals surface area (Å²) in [5.74, 6) is 2.17. The Hall–Kier alpha value is -1.82. The first kappa shape index (κ1) is 9.72. The molecule has 1 heterocycles. The number of benzene rings is 1. The Labute approximate surface area is 87.7 Å². The summed E-state index contributed by atoms with van der Waals surface area (Å²) in [6.45, 7) is 0.247. The monoisotopic (exact) mass is 203 g/mol. The number of fused-ring (bicyclic) bond motifs is 1. The Kier molecular flexibility index (Phi) is 2.42. The van der Waals surface area contributed by atoms with Gasteiger partial charge in [0.15, 0.2) is 0 Å². The molecule has 0 aliphatic carbocycles. The molecule has 1 aliphatic rings. The highest BCUT2D eigenvalue weighted by Crippen LogP contribution is 2.27. The molecule has 2 rings (SSSR count). The standard InChI is InChI=1S/C12H10FNO/c1-2-7-14-11-5-4-10(13)8-9(11)3-6-12(14)15/h1,4-5,8H,3,6-7H2. The van der Waals surface area contributed by atoms with Crippen LogP contribution in [0.4, 0.5) is 10.1 Å². The van der Waals surface area contributed by atoms with E-state index in [-0.39, 0.29) is 18.3 Å². The number of carbonyl (C=O) groups excluding carboxylic acids is 1. The van der Waals surface area contributed by atoms with Crippen LogP contribution < -0.4 is 4.90 Å². The molecule has 2 nitrogen and oxygen atoms in total. The molecule has 15 heavy (non-hydrogen) atoms. The summed E-state index contributed by atoms with van der Waals surface area (Å²) in [4.78, 5) is 13.1. The molecule has 0 saturated heterocycles. The summed E-state index contributed by atoms with van der Waals surface area (Å²) in [6, 6.07) is 4.42. The number of hydrogen-bond acceptors (Lipinski definition) is 1. The second kappa shape index (κ2) is 3.74. The third-order valence-corrected chi connectivity index (χ3v) is 2.49. The van der Waals surface area contributed by atoms with Crippen molar-refractivity contribution in [1.82, 2.24) is 0 Å². The number of terminal acetylenes is 1. The zero-order valence-corrected chi connectivity index (χ0v) is 8.16. The second-order valence-corrected chi connectivity index (χ2v) is 3.46. The van der Waals surface area contributed by atoms with Crippen LogP contribution in [0.1, 0.15) is 12.0 Å². The maximum absolute atomic E-state index is 13.0. The normalized spacial score (nSPS) is 14.7. The van der Waals surface area contributed by atoms with Crippen molar-refractivity contribution in [3.63, 3.8) is 0 Å². The molecule has 1 aromatic rings. The molecule has 0 bridgehead atoms. The zero-order chi connectivity index (χ0) is 10.8. The van der Waals surface area contributed by atoms with Gasteiger partial charge in [0.05, 0.1) is 6.54 Å². The average molecular weight is 203 g/mol. The smallest absolute Gasteiger partial charge is 0.228 e. The van der Waals surface area contributed by atoms with Crippen LogP contribution in [-0.4, -0.2) is 12.5 Å². The van der Waals surface area contributed by atoms with E-state index in [1.807, 2.05) is 0 Å². The minimum Gasteiger partial charge on any atom is -0.301 e. The molecule has 0 N–H and O–H groups in total. The molecular weight excluding hydrogens is 193 g/mol. The lowest BCUT2D eigenvalue weighted by atomic mass is 10.0. The number of hydrogen-bond donors (Lipinski definition) is 0. The van der Waals surface area contributed by atoms with E-state index < -0.39 is 0 Å². The average Bonchev–Trinajstić information content (AvgIpc) is 2.22. The van der Waals surface area contributed by atoms with Crippen LogP contribution in [0.3, 0.4) is 0 Å². The summed E-state index contributed by atoms with van der Waals surface area (Å²) < 4.78 is 13.0. The van der Waals surface area contributed by atoms with Crippen LogP contribution in [0.2, 0.25) is 0 Å². The van der Waals surface area contributed by atoms with Gasteiger partial charge in [0.2, 0.25) is 5.91 Å². The van der Waals surface area contributed by atoms with E-state index in [1.54, 1.807) is 6.07 Å². The molecule has 0 spiro atoms. The fraction of sp³-hybridized carbons (Fsp3) is 0.250. The van der Waals surface area contributed by atoms with Gasteiger partial charge in [-0.2, -0.15) is 0 Å². The molecule has 76 valence electrons. The number of nitrogens with zero attached hydrogens (tertiary/aromatic N) is 1. The van der Waals surface area contributed by atoms with Crippen molar-refractivity contribution in [2.45, 2.75) is 12.8 Å². The number of rotatable bonds is 1. The van der Waals surface area contributed by atoms with Gasteiger partial charge in [-0.3, -0.25) is 4.79 Å². The summed E-state index contributed by atoms with van der Waals surface area (Å²) in [5, 5.41) is 0. The van der Waals surface area contributed by atoms with Crippen molar-refractivity contribution in [2.24, 2.45) is 0 Å². The van der Waals surface area contributed by atoms with Gasteiger partial charge in [-0.05, 0) is 30.2 Å². The lowest BCUT2D eigenvalue weighted by Crippen LogP contribution is -2.35. The molecule has 0 saturated carbocycles. The van der Waals surface area contributed by atoms with Gasteiger partial charge in [0.1, 0.15) is 5.82 Å². The van der Waals surface area contributed by atoms with Crippen molar-refractivity contribution in [3.05, 3.63) is 29.6 Å². The van der Waals surface area contributed by atoms with E-state index >= 15 is 0 Å². The first-order chi connectivity index (χ1) is 7.22. The van der Waals surface area contributed by atoms with E-state index in [0.29, 0.717) is 12.8 Å². The van der Waals surface area contributed by atoms with Crippen LogP contribution in [0.5, 0.6) is 0 Å². The quantitative estimate of drug-likeness (QED) is 0.636. The van der Waals surface area contributed by atoms with Gasteiger partial charge in [-0.1, -0.05) is 5.92 Å². The SMILES string of the molecule is C#CCN1C(=O)CCc2cc(F)ccc21. The Morgan fingerprint density at radius 1 is 1.47 bits per heavy atom. The minimum absolute atomic E-state index is 0.00654. The number of amides is 1. The Balaban J connectivity index is 2.44. The third kappa shape index (κ3) is 1.71. The molecule has 0 radical (unpaired) electrons. The second-order valence-electron chi connectivity index (χ2n) is 3.46. The lowest BCUT2D eigenvalue weighted by Gasteiger charge is -2.27. The fourth-order valence-electron chi connectivity index (χ4n) is 1.79. The third-order valence-electron chi connectivity index (χ3n) is 2.49. The zero-order valence-electron chi connectivity index (χ0n) is 8.16. The van der Waals surface area contributed by atoms with E-state index in [4.69, 9.17) is 6.42 Å². The number of anilines is 1. The predicted octanol–water partition coefficient (Wildman–Crippen LogP) is 1.74. The molecular formula is C12H10FNO. The largest absolute Gasteiger partial charge is 0.301 e. The molecule has 1 amide bonds. The molecule has 1 aromatic carbocycles. The maximum Gasteiger partial charge on any atom is 0.228 e. The Bertz CT molecular complexity index is 447. The maximum atomic E-state index is 13.0. The van der Waals surface area contributed by atoms with E-state index in [1.165, 1.54) is 17.0 Å². The van der Waals surface area contributed by atoms with Crippen LogP contribution in [-0.2, 0) is 11.2 Å². The van der Waals surface area contributed by atoms with Crippen molar-refractivity contribution in [2.75, 3.05) is 11.4 Å². The van der Waals surface area contributed by atoms with Crippen LogP contribution >= 0.6 is 0 Å². The molecule has 0 atom stereocenters. The van der Waals surface area contributed by atoms with Crippen molar-refractivity contribution in [1.29, 1.82) is 0 Å². The van der Waals surface area contributed by atoms with Gasteiger partial charge in [0, 0.05) is 12.1 Å². The fourth-order valence-corrected chi connectivity index (χ4v) is 1.79. The summed E-state index contributed by atoms with van der Waals surface area (Å²) in [7, 11) is 0. The van der Waals surface area contributed by atoms with E-state index in [9.17, 15) is 9.18 Å². The topological polar surface area (TPSA) is 20.3 Å². The van der Waals surface area contributed by atoms with Gasteiger partial charge < -0.3 is 4.90 Å². The van der Waals surface area contributed by atoms with E-state index in [0.717, 1.165) is 11.3 Å². The van der Waals surface area contributed by atoms with Crippen LogP contribution in [0.15, 0.2) is 18.2 Å². The Morgan fingerprint density at radius 3 is 3.00 bits per heavy atom. The first-order valence-corrected chi connectivity index (χ1v) is 4.74. The van der Waals surface area contributed by atoms with Gasteiger partial charge >= 0.3 is 0 Å². The molecule has 0 fully saturated rings. The number of halogens is 1. The Morgan fingerprint density at radius 2 is 2.27 bits per heavy atom. The van der Waals surface area contributed by atoms with Crippen molar-refractivity contribution >= 4 is 11.6 Å². The number of carbonyl (C=O) groups is 1. The van der Waals surface area contributed by atoms with E-state index in [2.05, 4.69) is 5.92 Å². The summed E-state index contributed by atoms with van der Waals surface area (Å²) in [5.41, 5.74) is 1.59. The number of aryl methyl sites for hydroxylation is 1. The lowest BCUT2D eigenvalue weighted by molar-refractivity contribution is -0.118. The van der Waals surface area contributed by atoms with Crippen LogP contribution in [0.25, 0.3) is 0 Å². The first-order valence-electron chi connectivity index (χ1n) is 4.74. The highest BCUT2D eigenvalue weighted by atomic mass is 19.1. The van der Waals surface area contributed by atoms with Gasteiger partial charge in [-0.25, -0.2) is 4.39 Å². The highest BCUT2D eigenvalue weighted by Gasteiger charge is 2.23. The summed E-state index contributed by atoms with van der Waals surface area (Å²) in [6.07, 6.45) is 6.18. The van der Waals surface area contributed by atoms with Crippen LogP contribution in [0, 0.1) is 18.2 Å². The van der Waals surface area contributed by atoms with Crippen molar-refractivity contribution < 1.29 is 9.18 Å². The minimum atomic E-state index is -0.274. The molecule has 1 aliphatic heterocycles. The van der Waals surface area contributed by atoms with Gasteiger partial charge in [-0.15, -0.1) is 6.42 Å². The predicted molar refractivity (Wildman–Crippen MR) is 55.9 cm³/mol. The molecule has 0 unspecified atom stereocenters. The molecule has 0 aromatic heterocycles. The van der Waals surface area contributed by atoms with Gasteiger partial charge in [0.25, 0.3) is 0 Å². The van der Waals surface area contributed by atoms with Crippen molar-refractivity contribution in [3.8, 4) is 12.3 Å². The highest BCUT2D eigenvalue weighted by molar-refractivity contribution is 5.96. The molecule has 3 heteroatoms. The summed E-state index contributed by atoms with van der Waals surface area (Å²) >= 11 is 0.